The third-order valence-electron chi connectivity index (χ3n) is 3.56. The zero-order valence-electron chi connectivity index (χ0n) is 12.9. The number of nitrogens with one attached hydrogen (secondary N) is 1. The number of rotatable bonds is 6. The first-order valence-corrected chi connectivity index (χ1v) is 8.99. The second kappa shape index (κ2) is 7.16. The third kappa shape index (κ3) is 4.57. The molecule has 7 heteroatoms. The zero-order valence-corrected chi connectivity index (χ0v) is 13.7. The second-order valence-corrected chi connectivity index (χ2v) is 7.37. The van der Waals surface area contributed by atoms with E-state index in [2.05, 4.69) is 10.3 Å². The summed E-state index contributed by atoms with van der Waals surface area (Å²) in [6, 6.07) is 7.23. The van der Waals surface area contributed by atoms with Crippen LogP contribution in [0.25, 0.3) is 0 Å². The second-order valence-electron chi connectivity index (χ2n) is 5.39. The summed E-state index contributed by atoms with van der Waals surface area (Å²) in [6.45, 7) is 2.09. The fraction of sp³-hybridized carbons (Fsp3) is 0.312. The van der Waals surface area contributed by atoms with E-state index in [-0.39, 0.29) is 17.5 Å². The SMILES string of the molecule is C[C@@H](NC[C@H](O)c1ccncc1)c1ccc(S(C)(=O)=O)c(F)c1. The van der Waals surface area contributed by atoms with Gasteiger partial charge in [-0.2, -0.15) is 0 Å². The van der Waals surface area contributed by atoms with Crippen molar-refractivity contribution in [2.45, 2.75) is 24.0 Å². The first-order valence-electron chi connectivity index (χ1n) is 7.10. The highest BCUT2D eigenvalue weighted by atomic mass is 32.2. The number of hydrogen-bond acceptors (Lipinski definition) is 5. The molecule has 23 heavy (non-hydrogen) atoms. The average Bonchev–Trinajstić information content (AvgIpc) is 2.51. The maximum Gasteiger partial charge on any atom is 0.178 e. The summed E-state index contributed by atoms with van der Waals surface area (Å²) in [5.74, 6) is -0.770. The van der Waals surface area contributed by atoms with Gasteiger partial charge in [-0.25, -0.2) is 12.8 Å². The molecule has 0 amide bonds. The van der Waals surface area contributed by atoms with Crippen LogP contribution in [0.3, 0.4) is 0 Å². The first-order chi connectivity index (χ1) is 10.8. The van der Waals surface area contributed by atoms with Crippen LogP contribution in [0.15, 0.2) is 47.6 Å². The highest BCUT2D eigenvalue weighted by Gasteiger charge is 2.16. The Hall–Kier alpha value is -1.83. The lowest BCUT2D eigenvalue weighted by Crippen LogP contribution is -2.25. The summed E-state index contributed by atoms with van der Waals surface area (Å²) >= 11 is 0. The van der Waals surface area contributed by atoms with Crippen molar-refractivity contribution in [2.24, 2.45) is 0 Å². The summed E-state index contributed by atoms with van der Waals surface area (Å²) in [4.78, 5) is 3.57. The van der Waals surface area contributed by atoms with Crippen LogP contribution in [0.1, 0.15) is 30.2 Å². The molecule has 0 aliphatic carbocycles. The summed E-state index contributed by atoms with van der Waals surface area (Å²) in [6.07, 6.45) is 3.46. The minimum Gasteiger partial charge on any atom is -0.387 e. The number of hydrogen-bond donors (Lipinski definition) is 2. The van der Waals surface area contributed by atoms with E-state index in [9.17, 15) is 17.9 Å². The molecule has 0 bridgehead atoms. The number of aromatic nitrogens is 1. The molecule has 0 saturated heterocycles. The molecule has 0 radical (unpaired) electrons. The van der Waals surface area contributed by atoms with Crippen LogP contribution in [-0.4, -0.2) is 31.3 Å². The van der Waals surface area contributed by atoms with Crippen molar-refractivity contribution in [2.75, 3.05) is 12.8 Å². The minimum absolute atomic E-state index is 0.241. The van der Waals surface area contributed by atoms with Gasteiger partial charge < -0.3 is 10.4 Å². The first kappa shape index (κ1) is 17.5. The molecular weight excluding hydrogens is 319 g/mol. The molecule has 5 nitrogen and oxygen atoms in total. The number of benzene rings is 1. The van der Waals surface area contributed by atoms with Crippen molar-refractivity contribution in [1.82, 2.24) is 10.3 Å². The standard InChI is InChI=1S/C16H19FN2O3S/c1-11(19-10-15(20)12-5-7-18-8-6-12)13-3-4-16(14(17)9-13)23(2,21)22/h3-9,11,15,19-20H,10H2,1-2H3/t11-,15+/m1/s1. The van der Waals surface area contributed by atoms with E-state index in [1.54, 1.807) is 30.6 Å². The van der Waals surface area contributed by atoms with Gasteiger partial charge in [0.25, 0.3) is 0 Å². The predicted molar refractivity (Wildman–Crippen MR) is 85.1 cm³/mol. The van der Waals surface area contributed by atoms with Gasteiger partial charge in [-0.15, -0.1) is 0 Å². The van der Waals surface area contributed by atoms with Gasteiger partial charge in [0.2, 0.25) is 0 Å². The Morgan fingerprint density at radius 2 is 1.87 bits per heavy atom. The maximum atomic E-state index is 13.9. The van der Waals surface area contributed by atoms with Gasteiger partial charge in [0, 0.05) is 31.2 Å². The summed E-state index contributed by atoms with van der Waals surface area (Å²) < 4.78 is 36.7. The number of aliphatic hydroxyl groups is 1. The van der Waals surface area contributed by atoms with Gasteiger partial charge in [-0.3, -0.25) is 4.98 Å². The van der Waals surface area contributed by atoms with E-state index in [4.69, 9.17) is 0 Å². The van der Waals surface area contributed by atoms with Crippen molar-refractivity contribution in [3.05, 3.63) is 59.7 Å². The quantitative estimate of drug-likeness (QED) is 0.842. The fourth-order valence-electron chi connectivity index (χ4n) is 2.20. The third-order valence-corrected chi connectivity index (χ3v) is 4.69. The van der Waals surface area contributed by atoms with Gasteiger partial charge in [0.15, 0.2) is 9.84 Å². The lowest BCUT2D eigenvalue weighted by Gasteiger charge is -2.18. The van der Waals surface area contributed by atoms with E-state index in [0.29, 0.717) is 5.56 Å². The smallest absolute Gasteiger partial charge is 0.178 e. The minimum atomic E-state index is -3.58. The molecule has 1 aromatic carbocycles. The lowest BCUT2D eigenvalue weighted by atomic mass is 10.1. The van der Waals surface area contributed by atoms with E-state index in [1.165, 1.54) is 12.1 Å². The molecule has 1 heterocycles. The number of nitrogens with zero attached hydrogens (tertiary/aromatic N) is 1. The van der Waals surface area contributed by atoms with Crippen molar-refractivity contribution < 1.29 is 17.9 Å². The van der Waals surface area contributed by atoms with E-state index < -0.39 is 21.8 Å². The van der Waals surface area contributed by atoms with Crippen molar-refractivity contribution in [3.63, 3.8) is 0 Å². The summed E-state index contributed by atoms with van der Waals surface area (Å²) in [5, 5.41) is 13.2. The van der Waals surface area contributed by atoms with Crippen molar-refractivity contribution in [3.8, 4) is 0 Å². The Morgan fingerprint density at radius 3 is 2.43 bits per heavy atom. The largest absolute Gasteiger partial charge is 0.387 e. The highest BCUT2D eigenvalue weighted by molar-refractivity contribution is 7.90. The number of pyridine rings is 1. The summed E-state index contributed by atoms with van der Waals surface area (Å²) in [7, 11) is -3.58. The van der Waals surface area contributed by atoms with Crippen molar-refractivity contribution in [1.29, 1.82) is 0 Å². The van der Waals surface area contributed by atoms with Crippen LogP contribution in [0.2, 0.25) is 0 Å². The molecule has 0 unspecified atom stereocenters. The van der Waals surface area contributed by atoms with Crippen LogP contribution in [0.5, 0.6) is 0 Å². The van der Waals surface area contributed by atoms with Crippen LogP contribution < -0.4 is 5.32 Å². The van der Waals surface area contributed by atoms with Gasteiger partial charge in [-0.05, 0) is 42.3 Å². The van der Waals surface area contributed by atoms with E-state index in [0.717, 1.165) is 11.8 Å². The van der Waals surface area contributed by atoms with Crippen LogP contribution in [0.4, 0.5) is 4.39 Å². The van der Waals surface area contributed by atoms with E-state index in [1.807, 2.05) is 6.92 Å². The topological polar surface area (TPSA) is 79.3 Å². The Bertz CT molecular complexity index is 766. The molecule has 124 valence electrons. The van der Waals surface area contributed by atoms with Crippen LogP contribution in [-0.2, 0) is 9.84 Å². The van der Waals surface area contributed by atoms with Gasteiger partial charge in [0.1, 0.15) is 10.7 Å². The predicted octanol–water partition coefficient (Wildman–Crippen LogP) is 2.01. The molecule has 0 aliphatic rings. The summed E-state index contributed by atoms with van der Waals surface area (Å²) in [5.41, 5.74) is 1.34. The molecule has 1 aromatic heterocycles. The van der Waals surface area contributed by atoms with Crippen LogP contribution in [0, 0.1) is 5.82 Å². The monoisotopic (exact) mass is 338 g/mol. The molecule has 0 saturated carbocycles. The van der Waals surface area contributed by atoms with Gasteiger partial charge in [-0.1, -0.05) is 6.07 Å². The molecular formula is C16H19FN2O3S. The molecule has 2 rings (SSSR count). The number of aliphatic hydroxyl groups excluding tert-OH is 1. The molecule has 0 aliphatic heterocycles. The van der Waals surface area contributed by atoms with E-state index >= 15 is 0 Å². The highest BCUT2D eigenvalue weighted by Crippen LogP contribution is 2.21. The molecule has 2 N–H and O–H groups in total. The normalized spacial score (nSPS) is 14.4. The van der Waals surface area contributed by atoms with Gasteiger partial charge >= 0.3 is 0 Å². The molecule has 2 atom stereocenters. The zero-order chi connectivity index (χ0) is 17.0. The van der Waals surface area contributed by atoms with Gasteiger partial charge in [0.05, 0.1) is 6.10 Å². The molecule has 0 fully saturated rings. The number of halogens is 1. The molecule has 0 spiro atoms. The van der Waals surface area contributed by atoms with Crippen molar-refractivity contribution >= 4 is 9.84 Å². The Labute approximate surface area is 135 Å². The average molecular weight is 338 g/mol. The Morgan fingerprint density at radius 1 is 1.22 bits per heavy atom. The fourth-order valence-corrected chi connectivity index (χ4v) is 2.93. The van der Waals surface area contributed by atoms with Crippen LogP contribution >= 0.6 is 0 Å². The lowest BCUT2D eigenvalue weighted by molar-refractivity contribution is 0.170. The maximum absolute atomic E-state index is 13.9. The molecule has 2 aromatic rings. The number of sulfone groups is 1. The Balaban J connectivity index is 2.04. The Kier molecular flexibility index (Phi) is 5.46.